The van der Waals surface area contributed by atoms with Crippen LogP contribution in [-0.4, -0.2) is 95.6 Å². The monoisotopic (exact) mass is 732 g/mol. The first-order valence-electron chi connectivity index (χ1n) is 18.2. The zero-order valence-electron chi connectivity index (χ0n) is 30.8. The van der Waals surface area contributed by atoms with Gasteiger partial charge >= 0.3 is 10.2 Å². The Balaban J connectivity index is 1.31. The quantitative estimate of drug-likeness (QED) is 0.116. The van der Waals surface area contributed by atoms with Crippen molar-refractivity contribution in [1.29, 1.82) is 0 Å². The van der Waals surface area contributed by atoms with Crippen molar-refractivity contribution < 1.29 is 32.2 Å². The fourth-order valence-electron chi connectivity index (χ4n) is 7.46. The van der Waals surface area contributed by atoms with Gasteiger partial charge in [-0.15, -0.1) is 0 Å². The molecule has 3 aromatic carbocycles. The summed E-state index contributed by atoms with van der Waals surface area (Å²) in [4.78, 5) is 15.9. The maximum atomic E-state index is 13.6. The van der Waals surface area contributed by atoms with Crippen LogP contribution in [0.3, 0.4) is 0 Å². The summed E-state index contributed by atoms with van der Waals surface area (Å²) in [7, 11) is 2.16. The molecule has 0 saturated heterocycles. The van der Waals surface area contributed by atoms with E-state index in [4.69, 9.17) is 18.9 Å². The zero-order valence-corrected chi connectivity index (χ0v) is 31.6. The second kappa shape index (κ2) is 17.4. The highest BCUT2D eigenvalue weighted by molar-refractivity contribution is 7.87. The van der Waals surface area contributed by atoms with Crippen LogP contribution in [0.25, 0.3) is 22.2 Å². The third-order valence-electron chi connectivity index (χ3n) is 10.3. The topological polar surface area (TPSA) is 112 Å². The van der Waals surface area contributed by atoms with Crippen molar-refractivity contribution in [2.24, 2.45) is 5.92 Å². The molecule has 0 radical (unpaired) electrons. The smallest absolute Gasteiger partial charge is 0.303 e. The molecule has 1 unspecified atom stereocenters. The SMILES string of the molecule is COC(CN(C)S(=O)(=O)NC(=O)c1ccc2c(C3CCCCC3)c3n(c2c1)CC(COCCN(C)Cc1ccccc1)COc1ccccc1-3)OC. The third kappa shape index (κ3) is 8.87. The summed E-state index contributed by atoms with van der Waals surface area (Å²) in [6.07, 6.45) is 4.98. The molecule has 2 heterocycles. The average molecular weight is 733 g/mol. The Hall–Kier alpha value is -3.78. The Morgan fingerprint density at radius 2 is 1.71 bits per heavy atom. The van der Waals surface area contributed by atoms with Crippen LogP contribution in [0.2, 0.25) is 0 Å². The van der Waals surface area contributed by atoms with Gasteiger partial charge in [0.15, 0.2) is 6.29 Å². The number of hydrogen-bond acceptors (Lipinski definition) is 8. The summed E-state index contributed by atoms with van der Waals surface area (Å²) in [5.41, 5.74) is 5.84. The minimum Gasteiger partial charge on any atom is -0.492 e. The molecule has 12 heteroatoms. The van der Waals surface area contributed by atoms with Gasteiger partial charge in [-0.25, -0.2) is 4.72 Å². The van der Waals surface area contributed by atoms with Crippen LogP contribution < -0.4 is 9.46 Å². The number of benzene rings is 3. The first kappa shape index (κ1) is 38.0. The number of para-hydroxylation sites is 1. The van der Waals surface area contributed by atoms with Crippen molar-refractivity contribution >= 4 is 27.0 Å². The molecular formula is C40H52N4O7S. The third-order valence-corrected chi connectivity index (χ3v) is 11.7. The predicted molar refractivity (Wildman–Crippen MR) is 203 cm³/mol. The standard InChI is InChI=1S/C40H52N4O7S/c1-42(24-29-13-7-5-8-14-29)21-22-50-27-30-25-44-35-23-32(40(45)41-52(46,47)43(2)26-37(48-3)49-4)19-20-33(35)38(31-15-9-6-10-16-31)39(44)34-17-11-12-18-36(34)51-28-30/h5,7-8,11-14,17-20,23,30-31,37H,6,9-10,15-16,21-22,24-28H2,1-4H3,(H,41,45). The summed E-state index contributed by atoms with van der Waals surface area (Å²) in [6, 6.07) is 24.2. The largest absolute Gasteiger partial charge is 0.492 e. The van der Waals surface area contributed by atoms with Gasteiger partial charge in [-0.3, -0.25) is 9.69 Å². The van der Waals surface area contributed by atoms with Crippen LogP contribution in [0.4, 0.5) is 0 Å². The number of amides is 1. The van der Waals surface area contributed by atoms with Gasteiger partial charge in [-0.05, 0) is 61.2 Å². The van der Waals surface area contributed by atoms with Gasteiger partial charge in [-0.2, -0.15) is 12.7 Å². The fraction of sp³-hybridized carbons (Fsp3) is 0.475. The van der Waals surface area contributed by atoms with Crippen molar-refractivity contribution in [2.75, 3.05) is 61.2 Å². The Bertz CT molecular complexity index is 1910. The van der Waals surface area contributed by atoms with Gasteiger partial charge in [0.05, 0.1) is 32.1 Å². The van der Waals surface area contributed by atoms with E-state index in [0.29, 0.717) is 32.3 Å². The molecule has 52 heavy (non-hydrogen) atoms. The van der Waals surface area contributed by atoms with E-state index in [1.165, 1.54) is 51.7 Å². The van der Waals surface area contributed by atoms with Gasteiger partial charge in [0.2, 0.25) is 0 Å². The van der Waals surface area contributed by atoms with Crippen molar-refractivity contribution in [3.05, 3.63) is 89.5 Å². The summed E-state index contributed by atoms with van der Waals surface area (Å²) in [5.74, 6) is 0.512. The highest BCUT2D eigenvalue weighted by Gasteiger charge is 2.31. The van der Waals surface area contributed by atoms with E-state index in [9.17, 15) is 13.2 Å². The van der Waals surface area contributed by atoms with Crippen molar-refractivity contribution in [1.82, 2.24) is 18.5 Å². The minimum absolute atomic E-state index is 0.0300. The second-order valence-electron chi connectivity index (χ2n) is 14.0. The van der Waals surface area contributed by atoms with Gasteiger partial charge < -0.3 is 23.5 Å². The number of nitrogens with zero attached hydrogens (tertiary/aromatic N) is 3. The molecule has 1 saturated carbocycles. The Kier molecular flexibility index (Phi) is 12.7. The summed E-state index contributed by atoms with van der Waals surface area (Å²) >= 11 is 0. The molecule has 1 atom stereocenters. The molecule has 1 fully saturated rings. The maximum absolute atomic E-state index is 13.6. The van der Waals surface area contributed by atoms with E-state index in [2.05, 4.69) is 51.6 Å². The molecule has 1 amide bonds. The van der Waals surface area contributed by atoms with E-state index in [1.807, 2.05) is 36.4 Å². The Morgan fingerprint density at radius 1 is 0.981 bits per heavy atom. The number of hydrogen-bond donors (Lipinski definition) is 1. The van der Waals surface area contributed by atoms with Crippen LogP contribution in [0.15, 0.2) is 72.8 Å². The van der Waals surface area contributed by atoms with Crippen molar-refractivity contribution in [3.63, 3.8) is 0 Å². The van der Waals surface area contributed by atoms with Crippen LogP contribution in [0.1, 0.15) is 59.5 Å². The molecule has 280 valence electrons. The molecule has 1 aromatic heterocycles. The molecule has 1 N–H and O–H groups in total. The number of nitrogens with one attached hydrogen (secondary N) is 1. The number of ether oxygens (including phenoxy) is 4. The summed E-state index contributed by atoms with van der Waals surface area (Å²) in [6.45, 7) is 3.75. The minimum atomic E-state index is -4.17. The Labute approximate surface area is 308 Å². The highest BCUT2D eigenvalue weighted by atomic mass is 32.2. The lowest BCUT2D eigenvalue weighted by Crippen LogP contribution is -2.45. The average Bonchev–Trinajstić information content (AvgIpc) is 3.46. The van der Waals surface area contributed by atoms with Crippen LogP contribution >= 0.6 is 0 Å². The van der Waals surface area contributed by atoms with Gasteiger partial charge in [0.1, 0.15) is 5.75 Å². The summed E-state index contributed by atoms with van der Waals surface area (Å²) in [5, 5.41) is 1.08. The van der Waals surface area contributed by atoms with E-state index >= 15 is 0 Å². The van der Waals surface area contributed by atoms with Crippen molar-refractivity contribution in [2.45, 2.75) is 57.4 Å². The van der Waals surface area contributed by atoms with Crippen molar-refractivity contribution in [3.8, 4) is 17.0 Å². The van der Waals surface area contributed by atoms with E-state index < -0.39 is 22.4 Å². The molecule has 6 rings (SSSR count). The number of aromatic nitrogens is 1. The molecule has 0 spiro atoms. The first-order valence-corrected chi connectivity index (χ1v) is 19.6. The predicted octanol–water partition coefficient (Wildman–Crippen LogP) is 6.04. The molecule has 1 aliphatic carbocycles. The molecule has 1 aliphatic heterocycles. The van der Waals surface area contributed by atoms with Crippen LogP contribution in [0.5, 0.6) is 5.75 Å². The van der Waals surface area contributed by atoms with E-state index in [1.54, 1.807) is 6.07 Å². The summed E-state index contributed by atoms with van der Waals surface area (Å²) < 4.78 is 55.0. The lowest BCUT2D eigenvalue weighted by molar-refractivity contribution is -0.106. The molecular weight excluding hydrogens is 681 g/mol. The maximum Gasteiger partial charge on any atom is 0.303 e. The van der Waals surface area contributed by atoms with E-state index in [-0.39, 0.29) is 18.0 Å². The number of carbonyl (C=O) groups excluding carboxylic acids is 1. The van der Waals surface area contributed by atoms with E-state index in [0.717, 1.165) is 58.1 Å². The number of rotatable bonds is 15. The first-order chi connectivity index (χ1) is 25.2. The van der Waals surface area contributed by atoms with Gasteiger partial charge in [0, 0.05) is 68.8 Å². The molecule has 2 aliphatic rings. The van der Waals surface area contributed by atoms with Gasteiger partial charge in [-0.1, -0.05) is 67.8 Å². The number of carbonyl (C=O) groups is 1. The van der Waals surface area contributed by atoms with Gasteiger partial charge in [0.25, 0.3) is 5.91 Å². The highest BCUT2D eigenvalue weighted by Crippen LogP contribution is 2.47. The Morgan fingerprint density at radius 3 is 2.46 bits per heavy atom. The lowest BCUT2D eigenvalue weighted by atomic mass is 9.81. The zero-order chi connectivity index (χ0) is 36.7. The second-order valence-corrected chi connectivity index (χ2v) is 15.8. The number of likely N-dealkylation sites (N-methyl/N-ethyl adjacent to an activating group) is 2. The molecule has 11 nitrogen and oxygen atoms in total. The number of fused-ring (bicyclic) bond motifs is 5. The fourth-order valence-corrected chi connectivity index (χ4v) is 8.29. The van der Waals surface area contributed by atoms with Crippen LogP contribution in [-0.2, 0) is 37.5 Å². The molecule has 0 bridgehead atoms. The number of methoxy groups -OCH3 is 2. The lowest BCUT2D eigenvalue weighted by Gasteiger charge is -2.28. The molecule has 4 aromatic rings. The van der Waals surface area contributed by atoms with Crippen LogP contribution in [0, 0.1) is 5.92 Å². The normalized spacial score (nSPS) is 16.8.